The molecule has 0 aromatic heterocycles. The number of aromatic carboxylic acids is 1. The highest BCUT2D eigenvalue weighted by Gasteiger charge is 2.49. The van der Waals surface area contributed by atoms with Gasteiger partial charge in [0, 0.05) is 17.7 Å². The maximum atomic E-state index is 12.7. The summed E-state index contributed by atoms with van der Waals surface area (Å²) in [6.45, 7) is 3.87. The number of anilines is 1. The summed E-state index contributed by atoms with van der Waals surface area (Å²) in [5.74, 6) is -0.500. The van der Waals surface area contributed by atoms with Crippen molar-refractivity contribution in [3.8, 4) is 5.75 Å². The molecule has 1 saturated heterocycles. The Kier molecular flexibility index (Phi) is 3.25. The van der Waals surface area contributed by atoms with Crippen LogP contribution in [-0.2, 0) is 0 Å². The van der Waals surface area contributed by atoms with Gasteiger partial charge >= 0.3 is 6.03 Å². The lowest BCUT2D eigenvalue weighted by molar-refractivity contribution is -0.255. The van der Waals surface area contributed by atoms with Crippen molar-refractivity contribution in [1.82, 2.24) is 5.32 Å². The molecule has 2 aromatic rings. The summed E-state index contributed by atoms with van der Waals surface area (Å²) in [5, 5.41) is 13.9. The highest BCUT2D eigenvalue weighted by molar-refractivity contribution is 5.95. The first kappa shape index (κ1) is 15.5. The first-order valence-corrected chi connectivity index (χ1v) is 8.09. The maximum Gasteiger partial charge on any atom is 0.325 e. The van der Waals surface area contributed by atoms with E-state index >= 15 is 0 Å². The van der Waals surface area contributed by atoms with Crippen molar-refractivity contribution in [2.75, 3.05) is 4.90 Å². The van der Waals surface area contributed by atoms with Crippen LogP contribution in [0.25, 0.3) is 0 Å². The Bertz CT molecular complexity index is 877. The van der Waals surface area contributed by atoms with E-state index in [-0.39, 0.29) is 17.6 Å². The van der Waals surface area contributed by atoms with Crippen molar-refractivity contribution in [3.05, 3.63) is 59.2 Å². The molecular weight excluding hydrogens is 320 g/mol. The molecule has 2 bridgehead atoms. The fourth-order valence-corrected chi connectivity index (χ4v) is 3.63. The molecule has 6 nitrogen and oxygen atoms in total. The summed E-state index contributed by atoms with van der Waals surface area (Å²) in [4.78, 5) is 25.2. The fourth-order valence-electron chi connectivity index (χ4n) is 3.63. The van der Waals surface area contributed by atoms with Crippen LogP contribution in [-0.4, -0.2) is 17.7 Å². The molecule has 1 fully saturated rings. The van der Waals surface area contributed by atoms with Gasteiger partial charge in [0.25, 0.3) is 0 Å². The number of amides is 2. The van der Waals surface area contributed by atoms with Crippen molar-refractivity contribution >= 4 is 17.7 Å². The Morgan fingerprint density at radius 1 is 1.28 bits per heavy atom. The normalized spacial score (nSPS) is 24.2. The van der Waals surface area contributed by atoms with Gasteiger partial charge in [0.05, 0.1) is 12.0 Å². The van der Waals surface area contributed by atoms with Crippen LogP contribution >= 0.6 is 0 Å². The Hall–Kier alpha value is -3.02. The summed E-state index contributed by atoms with van der Waals surface area (Å²) in [6, 6.07) is 11.6. The Morgan fingerprint density at radius 3 is 2.68 bits per heavy atom. The molecule has 0 spiro atoms. The Balaban J connectivity index is 1.75. The minimum Gasteiger partial charge on any atom is -0.545 e. The van der Waals surface area contributed by atoms with Crippen LogP contribution in [0.4, 0.5) is 10.5 Å². The molecule has 4 rings (SSSR count). The summed E-state index contributed by atoms with van der Waals surface area (Å²) >= 11 is 0. The zero-order valence-electron chi connectivity index (χ0n) is 13.9. The molecule has 25 heavy (non-hydrogen) atoms. The molecule has 0 radical (unpaired) electrons. The number of carbonyl (C=O) groups is 2. The molecule has 0 saturated carbocycles. The van der Waals surface area contributed by atoms with Gasteiger partial charge in [-0.25, -0.2) is 4.79 Å². The zero-order valence-corrected chi connectivity index (χ0v) is 13.9. The number of nitrogens with zero attached hydrogens (tertiary/aromatic N) is 1. The van der Waals surface area contributed by atoms with Gasteiger partial charge in [-0.2, -0.15) is 0 Å². The number of benzene rings is 2. The second kappa shape index (κ2) is 5.24. The largest absolute Gasteiger partial charge is 0.545 e. The molecule has 128 valence electrons. The van der Waals surface area contributed by atoms with Crippen LogP contribution in [0.3, 0.4) is 0 Å². The van der Waals surface area contributed by atoms with Gasteiger partial charge in [-0.1, -0.05) is 29.8 Å². The average Bonchev–Trinajstić information content (AvgIpc) is 2.55. The number of nitrogens with one attached hydrogen (secondary N) is 1. The summed E-state index contributed by atoms with van der Waals surface area (Å²) in [6.07, 6.45) is 0.595. The van der Waals surface area contributed by atoms with Crippen LogP contribution in [0.5, 0.6) is 5.75 Å². The first-order chi connectivity index (χ1) is 11.9. The third kappa shape index (κ3) is 2.41. The number of urea groups is 1. The Labute approximate surface area is 145 Å². The lowest BCUT2D eigenvalue weighted by Gasteiger charge is -2.50. The first-order valence-electron chi connectivity index (χ1n) is 8.09. The van der Waals surface area contributed by atoms with Crippen molar-refractivity contribution in [2.45, 2.75) is 32.0 Å². The number of hydrogen-bond acceptors (Lipinski definition) is 4. The molecular formula is C19H17N2O4-. The van der Waals surface area contributed by atoms with E-state index in [1.165, 1.54) is 17.0 Å². The number of aryl methyl sites for hydroxylation is 1. The lowest BCUT2D eigenvalue weighted by atomic mass is 9.89. The van der Waals surface area contributed by atoms with E-state index in [2.05, 4.69) is 5.32 Å². The van der Waals surface area contributed by atoms with E-state index < -0.39 is 11.7 Å². The minimum absolute atomic E-state index is 0.0644. The van der Waals surface area contributed by atoms with Gasteiger partial charge in [0.15, 0.2) is 5.72 Å². The van der Waals surface area contributed by atoms with E-state index in [1.54, 1.807) is 12.1 Å². The van der Waals surface area contributed by atoms with Crippen LogP contribution in [0.15, 0.2) is 42.5 Å². The number of rotatable bonds is 2. The molecule has 0 unspecified atom stereocenters. The third-order valence-electron chi connectivity index (χ3n) is 4.79. The third-order valence-corrected chi connectivity index (χ3v) is 4.79. The second-order valence-corrected chi connectivity index (χ2v) is 6.69. The summed E-state index contributed by atoms with van der Waals surface area (Å²) in [7, 11) is 0. The molecule has 1 N–H and O–H groups in total. The quantitative estimate of drug-likeness (QED) is 0.910. The topological polar surface area (TPSA) is 81.7 Å². The van der Waals surface area contributed by atoms with Gasteiger partial charge in [-0.15, -0.1) is 0 Å². The number of fused-ring (bicyclic) bond motifs is 4. The highest BCUT2D eigenvalue weighted by Crippen LogP contribution is 2.45. The van der Waals surface area contributed by atoms with Crippen molar-refractivity contribution in [2.24, 2.45) is 0 Å². The number of carboxylic acid groups (broad SMARTS) is 1. The van der Waals surface area contributed by atoms with E-state index in [4.69, 9.17) is 4.74 Å². The molecule has 2 amide bonds. The summed E-state index contributed by atoms with van der Waals surface area (Å²) in [5.41, 5.74) is 1.88. The van der Waals surface area contributed by atoms with E-state index in [0.717, 1.165) is 16.9 Å². The van der Waals surface area contributed by atoms with Crippen LogP contribution in [0, 0.1) is 6.92 Å². The maximum absolute atomic E-state index is 12.7. The molecule has 2 atom stereocenters. The van der Waals surface area contributed by atoms with Gasteiger partial charge in [0.2, 0.25) is 0 Å². The predicted molar refractivity (Wildman–Crippen MR) is 89.4 cm³/mol. The standard InChI is InChI=1S/C19H18N2O4/c1-11-3-8-16-14(9-11)15-10-19(2,25-16)21(18(24)20-15)13-6-4-12(5-7-13)17(22)23/h3-9,15H,10H2,1-2H3,(H,20,24)(H,22,23)/p-1/t15-,19-/m1/s1. The molecule has 2 aliphatic rings. The molecule has 0 aliphatic carbocycles. The summed E-state index contributed by atoms with van der Waals surface area (Å²) < 4.78 is 6.20. The highest BCUT2D eigenvalue weighted by atomic mass is 16.5. The van der Waals surface area contributed by atoms with Gasteiger partial charge in [-0.05, 0) is 37.6 Å². The molecule has 2 heterocycles. The van der Waals surface area contributed by atoms with E-state index in [9.17, 15) is 14.7 Å². The predicted octanol–water partition coefficient (Wildman–Crippen LogP) is 2.13. The number of carboxylic acids is 1. The monoisotopic (exact) mass is 337 g/mol. The van der Waals surface area contributed by atoms with Crippen LogP contribution in [0.1, 0.15) is 40.9 Å². The van der Waals surface area contributed by atoms with Gasteiger partial charge < -0.3 is 20.0 Å². The van der Waals surface area contributed by atoms with Crippen molar-refractivity contribution in [3.63, 3.8) is 0 Å². The lowest BCUT2D eigenvalue weighted by Crippen LogP contribution is -2.65. The van der Waals surface area contributed by atoms with Crippen LogP contribution in [0.2, 0.25) is 0 Å². The molecule has 6 heteroatoms. The number of ether oxygens (including phenoxy) is 1. The molecule has 2 aliphatic heterocycles. The fraction of sp³-hybridized carbons (Fsp3) is 0.263. The minimum atomic E-state index is -1.25. The van der Waals surface area contributed by atoms with Gasteiger partial charge in [0.1, 0.15) is 5.75 Å². The van der Waals surface area contributed by atoms with Crippen molar-refractivity contribution < 1.29 is 19.4 Å². The van der Waals surface area contributed by atoms with Crippen molar-refractivity contribution in [1.29, 1.82) is 0 Å². The zero-order chi connectivity index (χ0) is 17.8. The second-order valence-electron chi connectivity index (χ2n) is 6.69. The average molecular weight is 337 g/mol. The smallest absolute Gasteiger partial charge is 0.325 e. The molecule has 2 aromatic carbocycles. The number of carbonyl (C=O) groups excluding carboxylic acids is 2. The van der Waals surface area contributed by atoms with Gasteiger partial charge in [-0.3, -0.25) is 4.90 Å². The number of hydrogen-bond donors (Lipinski definition) is 1. The SMILES string of the molecule is Cc1ccc2c(c1)[C@H]1C[C@@](C)(O2)N(c2ccc(C(=O)[O-])cc2)C(=O)N1. The Morgan fingerprint density at radius 2 is 2.00 bits per heavy atom. The van der Waals surface area contributed by atoms with E-state index in [0.29, 0.717) is 12.1 Å². The van der Waals surface area contributed by atoms with E-state index in [1.807, 2.05) is 32.0 Å². The van der Waals surface area contributed by atoms with Crippen LogP contribution < -0.4 is 20.1 Å².